The third kappa shape index (κ3) is 5.35. The number of amides is 1. The molecule has 2 aromatic carbocycles. The number of nitrogens with one attached hydrogen (secondary N) is 1. The van der Waals surface area contributed by atoms with Crippen molar-refractivity contribution in [2.45, 2.75) is 18.7 Å². The van der Waals surface area contributed by atoms with Crippen LogP contribution in [-0.4, -0.2) is 62.9 Å². The minimum absolute atomic E-state index is 0.00230. The number of hydrogen-bond donors (Lipinski definition) is 1. The number of piperazine rings is 1. The van der Waals surface area contributed by atoms with E-state index in [1.165, 1.54) is 4.31 Å². The number of nitrogens with zero attached hydrogens (tertiary/aromatic N) is 2. The van der Waals surface area contributed by atoms with Crippen LogP contribution in [0.2, 0.25) is 0 Å². The maximum atomic E-state index is 12.7. The molecule has 1 amide bonds. The SMILES string of the molecule is COc1ccccc1NC(=O)[C@H](C)N1CCN(S(=O)(=O)Cc2ccccc2)CC1. The molecule has 29 heavy (non-hydrogen) atoms. The van der Waals surface area contributed by atoms with E-state index >= 15 is 0 Å². The van der Waals surface area contributed by atoms with Gasteiger partial charge in [-0.05, 0) is 24.6 Å². The summed E-state index contributed by atoms with van der Waals surface area (Å²) >= 11 is 0. The molecular weight excluding hydrogens is 390 g/mol. The first kappa shape index (κ1) is 21.3. The van der Waals surface area contributed by atoms with Gasteiger partial charge in [0.2, 0.25) is 15.9 Å². The third-order valence-corrected chi connectivity index (χ3v) is 7.00. The predicted octanol–water partition coefficient (Wildman–Crippen LogP) is 2.17. The van der Waals surface area contributed by atoms with E-state index in [2.05, 4.69) is 5.32 Å². The Bertz CT molecular complexity index is 926. The molecule has 0 radical (unpaired) electrons. The fourth-order valence-corrected chi connectivity index (χ4v) is 4.91. The van der Waals surface area contributed by atoms with Crippen LogP contribution in [0, 0.1) is 0 Å². The lowest BCUT2D eigenvalue weighted by Crippen LogP contribution is -2.54. The van der Waals surface area contributed by atoms with Gasteiger partial charge >= 0.3 is 0 Å². The molecule has 1 N–H and O–H groups in total. The second kappa shape index (κ2) is 9.39. The molecule has 0 spiro atoms. The fraction of sp³-hybridized carbons (Fsp3) is 0.381. The summed E-state index contributed by atoms with van der Waals surface area (Å²) in [7, 11) is -1.81. The minimum Gasteiger partial charge on any atom is -0.495 e. The van der Waals surface area contributed by atoms with E-state index in [4.69, 9.17) is 4.74 Å². The van der Waals surface area contributed by atoms with Gasteiger partial charge in [0.25, 0.3) is 0 Å². The van der Waals surface area contributed by atoms with Gasteiger partial charge < -0.3 is 10.1 Å². The highest BCUT2D eigenvalue weighted by Crippen LogP contribution is 2.23. The second-order valence-electron chi connectivity index (χ2n) is 7.04. The van der Waals surface area contributed by atoms with E-state index in [1.807, 2.05) is 54.3 Å². The molecule has 1 saturated heterocycles. The van der Waals surface area contributed by atoms with Crippen LogP contribution in [0.4, 0.5) is 5.69 Å². The van der Waals surface area contributed by atoms with Crippen molar-refractivity contribution in [3.8, 4) is 5.75 Å². The number of ether oxygens (including phenoxy) is 1. The Balaban J connectivity index is 1.56. The van der Waals surface area contributed by atoms with E-state index in [-0.39, 0.29) is 17.7 Å². The quantitative estimate of drug-likeness (QED) is 0.747. The summed E-state index contributed by atoms with van der Waals surface area (Å²) in [4.78, 5) is 14.7. The van der Waals surface area contributed by atoms with E-state index in [9.17, 15) is 13.2 Å². The van der Waals surface area contributed by atoms with Gasteiger partial charge in [0.1, 0.15) is 5.75 Å². The average molecular weight is 418 g/mol. The number of anilines is 1. The van der Waals surface area contributed by atoms with Gasteiger partial charge in [0.05, 0.1) is 24.6 Å². The summed E-state index contributed by atoms with van der Waals surface area (Å²) in [5, 5.41) is 2.90. The van der Waals surface area contributed by atoms with E-state index in [0.29, 0.717) is 37.6 Å². The van der Waals surface area contributed by atoms with Crippen molar-refractivity contribution in [2.75, 3.05) is 38.6 Å². The zero-order valence-corrected chi connectivity index (χ0v) is 17.6. The molecule has 1 fully saturated rings. The van der Waals surface area contributed by atoms with Gasteiger partial charge in [0, 0.05) is 26.2 Å². The van der Waals surface area contributed by atoms with Gasteiger partial charge in [-0.3, -0.25) is 9.69 Å². The summed E-state index contributed by atoms with van der Waals surface area (Å²) in [6.07, 6.45) is 0. The Morgan fingerprint density at radius 3 is 2.31 bits per heavy atom. The highest BCUT2D eigenvalue weighted by Gasteiger charge is 2.31. The summed E-state index contributed by atoms with van der Waals surface area (Å²) in [5.74, 6) is 0.456. The second-order valence-corrected chi connectivity index (χ2v) is 9.01. The van der Waals surface area contributed by atoms with E-state index in [0.717, 1.165) is 5.56 Å². The van der Waals surface area contributed by atoms with Gasteiger partial charge in [-0.2, -0.15) is 4.31 Å². The molecule has 0 aliphatic carbocycles. The number of sulfonamides is 1. The first-order valence-corrected chi connectivity index (χ1v) is 11.2. The summed E-state index contributed by atoms with van der Waals surface area (Å²) in [6, 6.07) is 16.1. The number of carbonyl (C=O) groups excluding carboxylic acids is 1. The monoisotopic (exact) mass is 417 g/mol. The van der Waals surface area contributed by atoms with Crippen molar-refractivity contribution in [3.05, 3.63) is 60.2 Å². The van der Waals surface area contributed by atoms with Gasteiger partial charge in [-0.15, -0.1) is 0 Å². The first-order chi connectivity index (χ1) is 13.9. The highest BCUT2D eigenvalue weighted by atomic mass is 32.2. The lowest BCUT2D eigenvalue weighted by Gasteiger charge is -2.36. The van der Waals surface area contributed by atoms with Crippen molar-refractivity contribution in [2.24, 2.45) is 0 Å². The van der Waals surface area contributed by atoms with E-state index in [1.54, 1.807) is 19.2 Å². The number of benzene rings is 2. The third-order valence-electron chi connectivity index (χ3n) is 5.15. The fourth-order valence-electron chi connectivity index (χ4n) is 3.40. The Hall–Kier alpha value is -2.42. The Kier molecular flexibility index (Phi) is 6.89. The van der Waals surface area contributed by atoms with Crippen LogP contribution in [-0.2, 0) is 20.6 Å². The van der Waals surface area contributed by atoms with Crippen LogP contribution >= 0.6 is 0 Å². The normalized spacial score (nSPS) is 16.9. The molecule has 0 saturated carbocycles. The van der Waals surface area contributed by atoms with Gasteiger partial charge in [-0.1, -0.05) is 42.5 Å². The highest BCUT2D eigenvalue weighted by molar-refractivity contribution is 7.88. The van der Waals surface area contributed by atoms with Crippen molar-refractivity contribution in [1.82, 2.24) is 9.21 Å². The lowest BCUT2D eigenvalue weighted by atomic mass is 10.2. The number of para-hydroxylation sites is 2. The Labute approximate surface area is 172 Å². The maximum absolute atomic E-state index is 12.7. The van der Waals surface area contributed by atoms with Crippen molar-refractivity contribution in [1.29, 1.82) is 0 Å². The maximum Gasteiger partial charge on any atom is 0.241 e. The smallest absolute Gasteiger partial charge is 0.241 e. The van der Waals surface area contributed by atoms with Gasteiger partial charge in [-0.25, -0.2) is 8.42 Å². The molecule has 8 heteroatoms. The molecule has 0 unspecified atom stereocenters. The molecule has 2 aromatic rings. The van der Waals surface area contributed by atoms with Crippen LogP contribution in [0.25, 0.3) is 0 Å². The molecule has 0 bridgehead atoms. The van der Waals surface area contributed by atoms with Crippen LogP contribution in [0.1, 0.15) is 12.5 Å². The average Bonchev–Trinajstić information content (AvgIpc) is 2.74. The molecule has 3 rings (SSSR count). The molecule has 1 aliphatic heterocycles. The topological polar surface area (TPSA) is 79.0 Å². The summed E-state index contributed by atoms with van der Waals surface area (Å²) in [6.45, 7) is 3.60. The molecule has 1 heterocycles. The summed E-state index contributed by atoms with van der Waals surface area (Å²) < 4.78 is 32.2. The molecule has 0 aromatic heterocycles. The molecule has 1 aliphatic rings. The largest absolute Gasteiger partial charge is 0.495 e. The molecular formula is C21H27N3O4S. The molecule has 7 nitrogen and oxygen atoms in total. The van der Waals surface area contributed by atoms with E-state index < -0.39 is 10.0 Å². The zero-order chi connectivity index (χ0) is 20.9. The summed E-state index contributed by atoms with van der Waals surface area (Å²) in [5.41, 5.74) is 1.40. The standard InChI is InChI=1S/C21H27N3O4S/c1-17(21(25)22-19-10-6-7-11-20(19)28-2)23-12-14-24(15-13-23)29(26,27)16-18-8-4-3-5-9-18/h3-11,17H,12-16H2,1-2H3,(H,22,25)/t17-/m0/s1. The van der Waals surface area contributed by atoms with Crippen LogP contribution in [0.15, 0.2) is 54.6 Å². The van der Waals surface area contributed by atoms with Crippen molar-refractivity contribution < 1.29 is 17.9 Å². The number of carbonyl (C=O) groups is 1. The molecule has 156 valence electrons. The van der Waals surface area contributed by atoms with Gasteiger partial charge in [0.15, 0.2) is 0 Å². The van der Waals surface area contributed by atoms with Crippen LogP contribution in [0.5, 0.6) is 5.75 Å². The van der Waals surface area contributed by atoms with Crippen molar-refractivity contribution in [3.63, 3.8) is 0 Å². The Morgan fingerprint density at radius 1 is 1.03 bits per heavy atom. The van der Waals surface area contributed by atoms with Crippen LogP contribution < -0.4 is 10.1 Å². The predicted molar refractivity (Wildman–Crippen MR) is 113 cm³/mol. The zero-order valence-electron chi connectivity index (χ0n) is 16.7. The molecule has 1 atom stereocenters. The number of methoxy groups -OCH3 is 1. The first-order valence-electron chi connectivity index (χ1n) is 9.60. The lowest BCUT2D eigenvalue weighted by molar-refractivity contribution is -0.121. The van der Waals surface area contributed by atoms with Crippen LogP contribution in [0.3, 0.4) is 0 Å². The van der Waals surface area contributed by atoms with Crippen molar-refractivity contribution >= 4 is 21.6 Å². The number of hydrogen-bond acceptors (Lipinski definition) is 5. The Morgan fingerprint density at radius 2 is 1.66 bits per heavy atom. The number of rotatable bonds is 7. The minimum atomic E-state index is -3.37.